The maximum Gasteiger partial charge on any atom is 0.416 e. The topological polar surface area (TPSA) is 72.2 Å². The minimum Gasteiger partial charge on any atom is -0.494 e. The molecule has 2 atom stereocenters. The van der Waals surface area contributed by atoms with Crippen molar-refractivity contribution >= 4 is 0 Å². The number of halogens is 3. The third kappa shape index (κ3) is 5.05. The second-order valence-electron chi connectivity index (χ2n) is 7.43. The fourth-order valence-electron chi connectivity index (χ4n) is 3.37. The summed E-state index contributed by atoms with van der Waals surface area (Å²) in [7, 11) is 0. The maximum absolute atomic E-state index is 12.7. The van der Waals surface area contributed by atoms with Gasteiger partial charge in [0.05, 0.1) is 12.2 Å². The van der Waals surface area contributed by atoms with E-state index in [1.807, 2.05) is 24.3 Å². The molecule has 3 aromatic rings. The quantitative estimate of drug-likeness (QED) is 0.499. The summed E-state index contributed by atoms with van der Waals surface area (Å²) >= 11 is 0. The van der Waals surface area contributed by atoms with Gasteiger partial charge in [-0.25, -0.2) is 10.9 Å². The summed E-state index contributed by atoms with van der Waals surface area (Å²) < 4.78 is 49.2. The molecule has 6 nitrogen and oxygen atoms in total. The van der Waals surface area contributed by atoms with Gasteiger partial charge in [0.1, 0.15) is 11.8 Å². The van der Waals surface area contributed by atoms with Crippen molar-refractivity contribution in [2.24, 2.45) is 0 Å². The molecule has 1 aromatic heterocycles. The number of alkyl halides is 3. The van der Waals surface area contributed by atoms with Gasteiger partial charge < -0.3 is 9.26 Å². The average molecular weight is 432 g/mol. The second-order valence-corrected chi connectivity index (χ2v) is 7.43. The number of hydrazine groups is 1. The van der Waals surface area contributed by atoms with Crippen LogP contribution in [-0.2, 0) is 6.18 Å². The number of hydrogen-bond acceptors (Lipinski definition) is 6. The zero-order chi connectivity index (χ0) is 21.8. The molecule has 4 rings (SSSR count). The number of ether oxygens (including phenoxy) is 1. The first-order valence-corrected chi connectivity index (χ1v) is 10.2. The van der Waals surface area contributed by atoms with Gasteiger partial charge in [0.2, 0.25) is 11.7 Å². The fraction of sp³-hybridized carbons (Fsp3) is 0.364. The molecule has 31 heavy (non-hydrogen) atoms. The number of aromatic nitrogens is 2. The highest BCUT2D eigenvalue weighted by Gasteiger charge is 2.31. The molecule has 0 radical (unpaired) electrons. The van der Waals surface area contributed by atoms with Crippen molar-refractivity contribution in [3.63, 3.8) is 0 Å². The van der Waals surface area contributed by atoms with Crippen molar-refractivity contribution in [2.45, 2.75) is 44.4 Å². The van der Waals surface area contributed by atoms with Gasteiger partial charge in [-0.1, -0.05) is 42.8 Å². The predicted molar refractivity (Wildman–Crippen MR) is 108 cm³/mol. The molecule has 2 N–H and O–H groups in total. The molecular weight excluding hydrogens is 409 g/mol. The van der Waals surface area contributed by atoms with Gasteiger partial charge >= 0.3 is 6.18 Å². The third-order valence-electron chi connectivity index (χ3n) is 5.16. The van der Waals surface area contributed by atoms with E-state index < -0.39 is 11.7 Å². The van der Waals surface area contributed by atoms with E-state index in [-0.39, 0.29) is 17.9 Å². The number of unbranched alkanes of at least 4 members (excludes halogenated alkanes) is 1. The number of benzene rings is 2. The summed E-state index contributed by atoms with van der Waals surface area (Å²) in [6.45, 7) is 2.83. The summed E-state index contributed by atoms with van der Waals surface area (Å²) in [6, 6.07) is 12.5. The molecule has 1 aliphatic rings. The maximum atomic E-state index is 12.7. The van der Waals surface area contributed by atoms with E-state index in [9.17, 15) is 13.2 Å². The Labute approximate surface area is 177 Å². The van der Waals surface area contributed by atoms with E-state index >= 15 is 0 Å². The second kappa shape index (κ2) is 9.07. The van der Waals surface area contributed by atoms with E-state index in [1.54, 1.807) is 0 Å². The zero-order valence-electron chi connectivity index (χ0n) is 16.9. The van der Waals surface area contributed by atoms with Crippen LogP contribution >= 0.6 is 0 Å². The van der Waals surface area contributed by atoms with Gasteiger partial charge in [0.25, 0.3) is 0 Å². The first-order chi connectivity index (χ1) is 14.9. The van der Waals surface area contributed by atoms with E-state index in [1.165, 1.54) is 12.1 Å². The first-order valence-electron chi connectivity index (χ1n) is 10.2. The monoisotopic (exact) mass is 432 g/mol. The van der Waals surface area contributed by atoms with Crippen LogP contribution in [0.25, 0.3) is 11.4 Å². The lowest BCUT2D eigenvalue weighted by Gasteiger charge is -2.11. The van der Waals surface area contributed by atoms with Gasteiger partial charge in [-0.3, -0.25) is 0 Å². The van der Waals surface area contributed by atoms with Gasteiger partial charge in [0.15, 0.2) is 0 Å². The zero-order valence-corrected chi connectivity index (χ0v) is 16.9. The predicted octanol–water partition coefficient (Wildman–Crippen LogP) is 5.21. The summed E-state index contributed by atoms with van der Waals surface area (Å²) in [5, 5.41) is 3.92. The van der Waals surface area contributed by atoms with E-state index in [2.05, 4.69) is 27.9 Å². The minimum absolute atomic E-state index is 0.0520. The smallest absolute Gasteiger partial charge is 0.416 e. The largest absolute Gasteiger partial charge is 0.494 e. The summed E-state index contributed by atoms with van der Waals surface area (Å²) in [4.78, 5) is 4.36. The van der Waals surface area contributed by atoms with Crippen LogP contribution in [0.2, 0.25) is 0 Å². The molecule has 2 unspecified atom stereocenters. The number of rotatable bonds is 7. The van der Waals surface area contributed by atoms with Crippen LogP contribution in [0.3, 0.4) is 0 Å². The molecule has 1 aliphatic heterocycles. The van der Waals surface area contributed by atoms with E-state index in [4.69, 9.17) is 9.26 Å². The highest BCUT2D eigenvalue weighted by molar-refractivity contribution is 5.54. The summed E-state index contributed by atoms with van der Waals surface area (Å²) in [6.07, 6.45) is -1.58. The van der Waals surface area contributed by atoms with Crippen molar-refractivity contribution in [3.05, 3.63) is 65.5 Å². The number of nitrogens with zero attached hydrogens (tertiary/aromatic N) is 2. The van der Waals surface area contributed by atoms with Gasteiger partial charge in [0, 0.05) is 11.6 Å². The highest BCUT2D eigenvalue weighted by atomic mass is 19.4. The van der Waals surface area contributed by atoms with Gasteiger partial charge in [-0.2, -0.15) is 18.2 Å². The molecule has 1 fully saturated rings. The SMILES string of the molecule is CCCCOc1ccc(C2CC(c3nc(-c4ccc(C(F)(F)F)cc4)no3)NN2)cc1. The lowest BCUT2D eigenvalue weighted by atomic mass is 10.0. The first kappa shape index (κ1) is 21.3. The lowest BCUT2D eigenvalue weighted by Crippen LogP contribution is -2.26. The van der Waals surface area contributed by atoms with Crippen LogP contribution in [0, 0.1) is 0 Å². The molecule has 2 heterocycles. The Kier molecular flexibility index (Phi) is 6.24. The normalized spacial score (nSPS) is 19.0. The van der Waals surface area contributed by atoms with Crippen molar-refractivity contribution < 1.29 is 22.4 Å². The third-order valence-corrected chi connectivity index (χ3v) is 5.16. The van der Waals surface area contributed by atoms with Crippen LogP contribution in [0.5, 0.6) is 5.75 Å². The molecule has 164 valence electrons. The Morgan fingerprint density at radius 3 is 2.42 bits per heavy atom. The molecule has 0 spiro atoms. The molecule has 9 heteroatoms. The van der Waals surface area contributed by atoms with Crippen molar-refractivity contribution in [1.82, 2.24) is 21.0 Å². The van der Waals surface area contributed by atoms with E-state index in [0.29, 0.717) is 24.5 Å². The van der Waals surface area contributed by atoms with Gasteiger partial charge in [-0.15, -0.1) is 0 Å². The number of nitrogens with one attached hydrogen (secondary N) is 2. The standard InChI is InChI=1S/C22H23F3N4O2/c1-2-3-12-30-17-10-6-14(7-11-17)18-13-19(28-27-18)21-26-20(29-31-21)15-4-8-16(9-5-15)22(23,24)25/h4-11,18-19,27-28H,2-3,12-13H2,1H3. The molecule has 1 saturated heterocycles. The Balaban J connectivity index is 1.38. The molecule has 0 saturated carbocycles. The number of hydrogen-bond donors (Lipinski definition) is 2. The van der Waals surface area contributed by atoms with Crippen LogP contribution in [0.4, 0.5) is 13.2 Å². The van der Waals surface area contributed by atoms with Crippen LogP contribution in [-0.4, -0.2) is 16.7 Å². The van der Waals surface area contributed by atoms with Crippen LogP contribution < -0.4 is 15.6 Å². The molecule has 0 amide bonds. The fourth-order valence-corrected chi connectivity index (χ4v) is 3.37. The highest BCUT2D eigenvalue weighted by Crippen LogP contribution is 2.33. The molecule has 2 aromatic carbocycles. The molecule has 0 bridgehead atoms. The molecular formula is C22H23F3N4O2. The van der Waals surface area contributed by atoms with Crippen molar-refractivity contribution in [1.29, 1.82) is 0 Å². The Morgan fingerprint density at radius 1 is 1.03 bits per heavy atom. The average Bonchev–Trinajstić information content (AvgIpc) is 3.44. The van der Waals surface area contributed by atoms with Crippen molar-refractivity contribution in [2.75, 3.05) is 6.61 Å². The van der Waals surface area contributed by atoms with E-state index in [0.717, 1.165) is 36.3 Å². The molecule has 0 aliphatic carbocycles. The Morgan fingerprint density at radius 2 is 1.74 bits per heavy atom. The summed E-state index contributed by atoms with van der Waals surface area (Å²) in [5.41, 5.74) is 7.21. The summed E-state index contributed by atoms with van der Waals surface area (Å²) in [5.74, 6) is 1.48. The Hall–Kier alpha value is -2.91. The lowest BCUT2D eigenvalue weighted by molar-refractivity contribution is -0.137. The Bertz CT molecular complexity index is 987. The van der Waals surface area contributed by atoms with Crippen LogP contribution in [0.15, 0.2) is 53.1 Å². The van der Waals surface area contributed by atoms with Gasteiger partial charge in [-0.05, 0) is 42.7 Å². The van der Waals surface area contributed by atoms with Crippen LogP contribution in [0.1, 0.15) is 55.3 Å². The minimum atomic E-state index is -4.38. The van der Waals surface area contributed by atoms with Crippen molar-refractivity contribution in [3.8, 4) is 17.1 Å².